The van der Waals surface area contributed by atoms with Crippen molar-refractivity contribution in [2.45, 2.75) is 25.7 Å². The van der Waals surface area contributed by atoms with Crippen LogP contribution in [0, 0.1) is 11.8 Å². The van der Waals surface area contributed by atoms with Crippen molar-refractivity contribution in [1.29, 1.82) is 0 Å². The van der Waals surface area contributed by atoms with Crippen LogP contribution in [0.2, 0.25) is 0 Å². The molecule has 0 saturated heterocycles. The largest absolute Gasteiger partial charge is 0.410 e. The van der Waals surface area contributed by atoms with Crippen LogP contribution in [0.25, 0.3) is 0 Å². The van der Waals surface area contributed by atoms with Crippen molar-refractivity contribution >= 4 is 11.4 Å². The summed E-state index contributed by atoms with van der Waals surface area (Å²) in [6.45, 7) is 0. The third-order valence-corrected chi connectivity index (χ3v) is 3.28. The number of hydrogen-bond donors (Lipinski definition) is 1. The summed E-state index contributed by atoms with van der Waals surface area (Å²) in [7, 11) is 1.78. The molecule has 1 fully saturated rings. The van der Waals surface area contributed by atoms with E-state index < -0.39 is 0 Å². The molecule has 0 heterocycles. The van der Waals surface area contributed by atoms with Gasteiger partial charge in [-0.05, 0) is 24.8 Å². The molecule has 14 heavy (non-hydrogen) atoms. The molecule has 76 valence electrons. The van der Waals surface area contributed by atoms with E-state index in [0.717, 1.165) is 5.71 Å². The lowest BCUT2D eigenvalue weighted by molar-refractivity contribution is 0.317. The highest BCUT2D eigenvalue weighted by atomic mass is 16.4. The van der Waals surface area contributed by atoms with Crippen LogP contribution in [-0.2, 0) is 0 Å². The molecule has 1 saturated carbocycles. The van der Waals surface area contributed by atoms with Crippen LogP contribution in [0.3, 0.4) is 0 Å². The van der Waals surface area contributed by atoms with Crippen LogP contribution in [0.15, 0.2) is 22.3 Å². The molecule has 2 aliphatic carbocycles. The van der Waals surface area contributed by atoms with Crippen LogP contribution >= 0.6 is 0 Å². The van der Waals surface area contributed by atoms with Gasteiger partial charge in [-0.15, -0.1) is 0 Å². The molecular formula is C11H16N2O. The van der Waals surface area contributed by atoms with Crippen molar-refractivity contribution in [3.05, 3.63) is 12.2 Å². The molecule has 2 unspecified atom stereocenters. The average Bonchev–Trinajstić information content (AvgIpc) is 2.27. The Hall–Kier alpha value is -1.12. The fourth-order valence-corrected chi connectivity index (χ4v) is 2.58. The molecule has 0 aromatic heterocycles. The van der Waals surface area contributed by atoms with E-state index >= 15 is 0 Å². The molecule has 2 rings (SSSR count). The third kappa shape index (κ3) is 1.47. The minimum Gasteiger partial charge on any atom is -0.410 e. The van der Waals surface area contributed by atoms with Crippen molar-refractivity contribution in [3.63, 3.8) is 0 Å². The fraction of sp³-hybridized carbons (Fsp3) is 0.636. The number of allylic oxidation sites excluding steroid dienone is 2. The van der Waals surface area contributed by atoms with Gasteiger partial charge in [0, 0.05) is 13.0 Å². The van der Waals surface area contributed by atoms with Crippen molar-refractivity contribution in [1.82, 2.24) is 0 Å². The van der Waals surface area contributed by atoms with Crippen LogP contribution < -0.4 is 0 Å². The minimum absolute atomic E-state index is 0.490. The topological polar surface area (TPSA) is 45.0 Å². The van der Waals surface area contributed by atoms with Gasteiger partial charge in [0.15, 0.2) is 0 Å². The summed E-state index contributed by atoms with van der Waals surface area (Å²) in [5.74, 6) is 1.11. The van der Waals surface area contributed by atoms with Crippen molar-refractivity contribution < 1.29 is 5.21 Å². The second kappa shape index (κ2) is 3.95. The zero-order valence-electron chi connectivity index (χ0n) is 8.48. The zero-order valence-corrected chi connectivity index (χ0v) is 8.48. The molecule has 1 N–H and O–H groups in total. The molecule has 3 heteroatoms. The number of rotatable bonds is 0. The van der Waals surface area contributed by atoms with E-state index in [1.54, 1.807) is 7.05 Å². The van der Waals surface area contributed by atoms with Gasteiger partial charge in [-0.2, -0.15) is 0 Å². The summed E-state index contributed by atoms with van der Waals surface area (Å²) in [6, 6.07) is 0. The Morgan fingerprint density at radius 2 is 2.14 bits per heavy atom. The molecule has 2 aliphatic rings. The fourth-order valence-electron chi connectivity index (χ4n) is 2.58. The monoisotopic (exact) mass is 192 g/mol. The summed E-state index contributed by atoms with van der Waals surface area (Å²) >= 11 is 0. The molecule has 3 nitrogen and oxygen atoms in total. The number of hydrogen-bond acceptors (Lipinski definition) is 3. The number of fused-ring (bicyclic) bond motifs is 1. The predicted octanol–water partition coefficient (Wildman–Crippen LogP) is 2.26. The van der Waals surface area contributed by atoms with Gasteiger partial charge in [0.25, 0.3) is 0 Å². The molecule has 0 spiro atoms. The van der Waals surface area contributed by atoms with Gasteiger partial charge in [-0.1, -0.05) is 24.1 Å². The Bertz CT molecular complexity index is 304. The van der Waals surface area contributed by atoms with E-state index in [9.17, 15) is 0 Å². The molecule has 0 aliphatic heterocycles. The normalized spacial score (nSPS) is 37.5. The lowest BCUT2D eigenvalue weighted by atomic mass is 9.72. The number of nitrogens with zero attached hydrogens (tertiary/aromatic N) is 2. The Morgan fingerprint density at radius 3 is 2.86 bits per heavy atom. The highest BCUT2D eigenvalue weighted by Crippen LogP contribution is 2.34. The SMILES string of the molecule is CN=C1C(=NO)C=CC2CCCCC12. The smallest absolute Gasteiger partial charge is 0.123 e. The highest BCUT2D eigenvalue weighted by Gasteiger charge is 2.32. The second-order valence-corrected chi connectivity index (χ2v) is 4.01. The van der Waals surface area contributed by atoms with Crippen molar-refractivity contribution in [3.8, 4) is 0 Å². The zero-order chi connectivity index (χ0) is 9.97. The van der Waals surface area contributed by atoms with E-state index in [1.165, 1.54) is 25.7 Å². The Balaban J connectivity index is 2.32. The molecular weight excluding hydrogens is 176 g/mol. The van der Waals surface area contributed by atoms with Gasteiger partial charge in [-0.25, -0.2) is 0 Å². The first-order valence-electron chi connectivity index (χ1n) is 5.24. The number of oxime groups is 1. The van der Waals surface area contributed by atoms with Crippen LogP contribution in [0.5, 0.6) is 0 Å². The second-order valence-electron chi connectivity index (χ2n) is 4.01. The Labute approximate surface area is 84.2 Å². The van der Waals surface area contributed by atoms with Gasteiger partial charge < -0.3 is 5.21 Å². The number of aliphatic imine (C=N–C) groups is 1. The van der Waals surface area contributed by atoms with Crippen LogP contribution in [0.4, 0.5) is 0 Å². The van der Waals surface area contributed by atoms with Crippen molar-refractivity contribution in [2.24, 2.45) is 22.0 Å². The van der Waals surface area contributed by atoms with Gasteiger partial charge >= 0.3 is 0 Å². The molecule has 0 radical (unpaired) electrons. The Morgan fingerprint density at radius 1 is 1.36 bits per heavy atom. The first kappa shape index (κ1) is 9.44. The van der Waals surface area contributed by atoms with Gasteiger partial charge in [0.2, 0.25) is 0 Å². The lowest BCUT2D eigenvalue weighted by Crippen LogP contribution is -2.34. The van der Waals surface area contributed by atoms with Gasteiger partial charge in [0.05, 0.1) is 5.71 Å². The van der Waals surface area contributed by atoms with Gasteiger partial charge in [0.1, 0.15) is 5.71 Å². The van der Waals surface area contributed by atoms with E-state index in [0.29, 0.717) is 17.5 Å². The van der Waals surface area contributed by atoms with Crippen LogP contribution in [0.1, 0.15) is 25.7 Å². The van der Waals surface area contributed by atoms with E-state index in [-0.39, 0.29) is 0 Å². The predicted molar refractivity (Wildman–Crippen MR) is 57.2 cm³/mol. The summed E-state index contributed by atoms with van der Waals surface area (Å²) < 4.78 is 0. The maximum Gasteiger partial charge on any atom is 0.123 e. The highest BCUT2D eigenvalue weighted by molar-refractivity contribution is 6.47. The third-order valence-electron chi connectivity index (χ3n) is 3.28. The first-order chi connectivity index (χ1) is 6.86. The lowest BCUT2D eigenvalue weighted by Gasteiger charge is -2.33. The van der Waals surface area contributed by atoms with Gasteiger partial charge in [-0.3, -0.25) is 4.99 Å². The quantitative estimate of drug-likeness (QED) is 0.464. The molecule has 0 bridgehead atoms. The van der Waals surface area contributed by atoms with Crippen LogP contribution in [-0.4, -0.2) is 23.7 Å². The summed E-state index contributed by atoms with van der Waals surface area (Å²) in [4.78, 5) is 4.26. The summed E-state index contributed by atoms with van der Waals surface area (Å²) in [5, 5.41) is 12.1. The Kier molecular flexibility index (Phi) is 2.66. The maximum atomic E-state index is 8.84. The van der Waals surface area contributed by atoms with E-state index in [1.807, 2.05) is 6.08 Å². The summed E-state index contributed by atoms with van der Waals surface area (Å²) in [5.41, 5.74) is 1.63. The average molecular weight is 192 g/mol. The van der Waals surface area contributed by atoms with E-state index in [2.05, 4.69) is 16.2 Å². The molecule has 0 amide bonds. The van der Waals surface area contributed by atoms with E-state index in [4.69, 9.17) is 5.21 Å². The maximum absolute atomic E-state index is 8.84. The van der Waals surface area contributed by atoms with Crippen molar-refractivity contribution in [2.75, 3.05) is 7.05 Å². The minimum atomic E-state index is 0.490. The molecule has 0 aromatic rings. The standard InChI is InChI=1S/C11H16N2O/c1-12-11-9-5-3-2-4-8(9)6-7-10(11)13-14/h6-9,14H,2-5H2,1H3. The summed E-state index contributed by atoms with van der Waals surface area (Å²) in [6.07, 6.45) is 9.09. The first-order valence-corrected chi connectivity index (χ1v) is 5.24. The molecule has 0 aromatic carbocycles. The molecule has 2 atom stereocenters.